The molecule has 98 valence electrons. The van der Waals surface area contributed by atoms with E-state index in [1.165, 1.54) is 25.6 Å². The Hall–Kier alpha value is -2.71. The van der Waals surface area contributed by atoms with Crippen molar-refractivity contribution in [1.29, 1.82) is 0 Å². The normalized spacial score (nSPS) is 11.5. The molecule has 1 N–H and O–H groups in total. The standard InChI is InChI=1S/C10H10N6O3/c1-4-7(17)16-5-6(11-9(16)13-12-4)14(2)10(19)15(3)8(5)18/h1-3H3,(H,11,13). The Labute approximate surface area is 104 Å². The molecule has 3 heterocycles. The maximum Gasteiger partial charge on any atom is 0.332 e. The second kappa shape index (κ2) is 3.40. The zero-order valence-corrected chi connectivity index (χ0v) is 10.5. The second-order valence-corrected chi connectivity index (χ2v) is 4.26. The average Bonchev–Trinajstić information content (AvgIpc) is 2.78. The molecule has 0 fully saturated rings. The molecule has 0 saturated carbocycles. The largest absolute Gasteiger partial charge is 0.332 e. The number of H-pyrrole nitrogens is 1. The van der Waals surface area contributed by atoms with E-state index < -0.39 is 16.8 Å². The van der Waals surface area contributed by atoms with Crippen molar-refractivity contribution in [3.05, 3.63) is 36.9 Å². The third-order valence-corrected chi connectivity index (χ3v) is 3.09. The van der Waals surface area contributed by atoms with Gasteiger partial charge in [0.25, 0.3) is 11.1 Å². The second-order valence-electron chi connectivity index (χ2n) is 4.26. The summed E-state index contributed by atoms with van der Waals surface area (Å²) in [5.74, 6) is 0.129. The number of hydrogen-bond acceptors (Lipinski definition) is 5. The van der Waals surface area contributed by atoms with Gasteiger partial charge in [-0.25, -0.2) is 14.3 Å². The van der Waals surface area contributed by atoms with E-state index in [0.717, 1.165) is 8.97 Å². The first kappa shape index (κ1) is 11.4. The lowest BCUT2D eigenvalue weighted by molar-refractivity contribution is 0.707. The van der Waals surface area contributed by atoms with Crippen LogP contribution in [0.25, 0.3) is 16.9 Å². The van der Waals surface area contributed by atoms with Crippen LogP contribution in [0.4, 0.5) is 0 Å². The Morgan fingerprint density at radius 2 is 1.74 bits per heavy atom. The Bertz CT molecular complexity index is 1000. The van der Waals surface area contributed by atoms with Crippen LogP contribution in [0, 0.1) is 6.92 Å². The first-order chi connectivity index (χ1) is 8.93. The van der Waals surface area contributed by atoms with E-state index in [0.29, 0.717) is 0 Å². The fourth-order valence-electron chi connectivity index (χ4n) is 2.01. The SMILES string of the molecule is Cc1n[nH]c2nc3c(c(=O)n(C)c(=O)n3C)n2c1=O. The molecular formula is C10H10N6O3. The fourth-order valence-corrected chi connectivity index (χ4v) is 2.01. The van der Waals surface area contributed by atoms with Gasteiger partial charge in [-0.3, -0.25) is 18.7 Å². The topological polar surface area (TPSA) is 107 Å². The van der Waals surface area contributed by atoms with Crippen molar-refractivity contribution in [2.75, 3.05) is 0 Å². The van der Waals surface area contributed by atoms with Gasteiger partial charge in [-0.15, -0.1) is 0 Å². The lowest BCUT2D eigenvalue weighted by atomic mass is 10.5. The first-order valence-corrected chi connectivity index (χ1v) is 5.47. The summed E-state index contributed by atoms with van der Waals surface area (Å²) >= 11 is 0. The zero-order chi connectivity index (χ0) is 13.9. The summed E-state index contributed by atoms with van der Waals surface area (Å²) in [6, 6.07) is 0. The van der Waals surface area contributed by atoms with E-state index in [-0.39, 0.29) is 22.6 Å². The van der Waals surface area contributed by atoms with Gasteiger partial charge in [0.1, 0.15) is 5.69 Å². The quantitative estimate of drug-likeness (QED) is 0.518. The Morgan fingerprint density at radius 3 is 2.42 bits per heavy atom. The van der Waals surface area contributed by atoms with E-state index in [2.05, 4.69) is 15.2 Å². The highest BCUT2D eigenvalue weighted by atomic mass is 16.2. The number of imidazole rings is 1. The van der Waals surface area contributed by atoms with Gasteiger partial charge in [-0.2, -0.15) is 10.1 Å². The number of aryl methyl sites for hydroxylation is 2. The molecule has 3 aromatic rings. The van der Waals surface area contributed by atoms with Gasteiger partial charge in [0, 0.05) is 14.1 Å². The lowest BCUT2D eigenvalue weighted by Gasteiger charge is -2.02. The van der Waals surface area contributed by atoms with Crippen molar-refractivity contribution < 1.29 is 0 Å². The minimum absolute atomic E-state index is 0.0614. The maximum absolute atomic E-state index is 12.2. The van der Waals surface area contributed by atoms with E-state index in [1.807, 2.05) is 0 Å². The maximum atomic E-state index is 12.2. The lowest BCUT2D eigenvalue weighted by Crippen LogP contribution is -2.38. The van der Waals surface area contributed by atoms with Crippen molar-refractivity contribution in [3.8, 4) is 0 Å². The third kappa shape index (κ3) is 1.26. The molecule has 0 aromatic carbocycles. The predicted octanol–water partition coefficient (Wildman–Crippen LogP) is -1.72. The molecule has 0 aliphatic carbocycles. The van der Waals surface area contributed by atoms with Crippen LogP contribution in [-0.2, 0) is 14.1 Å². The molecule has 0 saturated heterocycles. The minimum atomic E-state index is -0.568. The molecule has 0 aliphatic rings. The highest BCUT2D eigenvalue weighted by molar-refractivity contribution is 5.74. The van der Waals surface area contributed by atoms with Crippen molar-refractivity contribution in [2.24, 2.45) is 14.1 Å². The van der Waals surface area contributed by atoms with Gasteiger partial charge in [0.05, 0.1) is 0 Å². The van der Waals surface area contributed by atoms with Gasteiger partial charge >= 0.3 is 5.69 Å². The van der Waals surface area contributed by atoms with Crippen LogP contribution >= 0.6 is 0 Å². The van der Waals surface area contributed by atoms with Gasteiger partial charge in [0.2, 0.25) is 5.78 Å². The molecule has 0 spiro atoms. The van der Waals surface area contributed by atoms with Crippen LogP contribution in [0.3, 0.4) is 0 Å². The van der Waals surface area contributed by atoms with Crippen molar-refractivity contribution in [2.45, 2.75) is 6.92 Å². The predicted molar refractivity (Wildman–Crippen MR) is 66.3 cm³/mol. The number of nitrogens with zero attached hydrogens (tertiary/aromatic N) is 5. The fraction of sp³-hybridized carbons (Fsp3) is 0.300. The molecule has 9 nitrogen and oxygen atoms in total. The van der Waals surface area contributed by atoms with Crippen molar-refractivity contribution in [3.63, 3.8) is 0 Å². The number of rotatable bonds is 0. The van der Waals surface area contributed by atoms with Crippen LogP contribution < -0.4 is 16.8 Å². The van der Waals surface area contributed by atoms with E-state index >= 15 is 0 Å². The summed E-state index contributed by atoms with van der Waals surface area (Å²) in [4.78, 5) is 40.1. The highest BCUT2D eigenvalue weighted by Gasteiger charge is 2.17. The molecule has 3 rings (SSSR count). The summed E-state index contributed by atoms with van der Waals surface area (Å²) < 4.78 is 3.29. The summed E-state index contributed by atoms with van der Waals surface area (Å²) in [5.41, 5.74) is -1.09. The smallest absolute Gasteiger partial charge is 0.279 e. The molecule has 0 bridgehead atoms. The first-order valence-electron chi connectivity index (χ1n) is 5.47. The number of hydrogen-bond donors (Lipinski definition) is 1. The molecule has 0 atom stereocenters. The van der Waals surface area contributed by atoms with E-state index in [1.54, 1.807) is 0 Å². The zero-order valence-electron chi connectivity index (χ0n) is 10.5. The molecule has 0 unspecified atom stereocenters. The highest BCUT2D eigenvalue weighted by Crippen LogP contribution is 2.06. The molecule has 19 heavy (non-hydrogen) atoms. The molecule has 9 heteroatoms. The van der Waals surface area contributed by atoms with Crippen LogP contribution in [-0.4, -0.2) is 28.7 Å². The summed E-state index contributed by atoms with van der Waals surface area (Å²) in [7, 11) is 2.84. The molecule has 0 aliphatic heterocycles. The summed E-state index contributed by atoms with van der Waals surface area (Å²) in [6.45, 7) is 1.52. The Balaban J connectivity index is 2.82. The molecule has 3 aromatic heterocycles. The van der Waals surface area contributed by atoms with Crippen molar-refractivity contribution in [1.82, 2.24) is 28.7 Å². The van der Waals surface area contributed by atoms with Crippen LogP contribution in [0.15, 0.2) is 14.4 Å². The Morgan fingerprint density at radius 1 is 1.05 bits per heavy atom. The monoisotopic (exact) mass is 262 g/mol. The van der Waals surface area contributed by atoms with Crippen molar-refractivity contribution >= 4 is 16.9 Å². The third-order valence-electron chi connectivity index (χ3n) is 3.09. The van der Waals surface area contributed by atoms with Crippen LogP contribution in [0.5, 0.6) is 0 Å². The van der Waals surface area contributed by atoms with E-state index in [9.17, 15) is 14.4 Å². The number of nitrogens with one attached hydrogen (secondary N) is 1. The average molecular weight is 262 g/mol. The number of aromatic nitrogens is 6. The molecule has 0 radical (unpaired) electrons. The molecular weight excluding hydrogens is 252 g/mol. The van der Waals surface area contributed by atoms with Gasteiger partial charge < -0.3 is 0 Å². The van der Waals surface area contributed by atoms with E-state index in [4.69, 9.17) is 0 Å². The van der Waals surface area contributed by atoms with Gasteiger partial charge in [-0.05, 0) is 6.92 Å². The minimum Gasteiger partial charge on any atom is -0.279 e. The summed E-state index contributed by atoms with van der Waals surface area (Å²) in [6.07, 6.45) is 0. The van der Waals surface area contributed by atoms with Gasteiger partial charge in [-0.1, -0.05) is 0 Å². The number of fused-ring (bicyclic) bond motifs is 3. The van der Waals surface area contributed by atoms with Crippen LogP contribution in [0.2, 0.25) is 0 Å². The summed E-state index contributed by atoms with van der Waals surface area (Å²) in [5, 5.41) is 6.37. The van der Waals surface area contributed by atoms with Crippen LogP contribution in [0.1, 0.15) is 5.69 Å². The Kier molecular flexibility index (Phi) is 2.04. The van der Waals surface area contributed by atoms with Gasteiger partial charge in [0.15, 0.2) is 11.2 Å². The number of aromatic amines is 1. The molecule has 0 amide bonds.